The van der Waals surface area contributed by atoms with Crippen LogP contribution >= 0.6 is 11.3 Å². The highest BCUT2D eigenvalue weighted by Crippen LogP contribution is 2.32. The molecule has 16 heavy (non-hydrogen) atoms. The number of hydrogen-bond donors (Lipinski definition) is 1. The molecule has 1 nitrogen and oxygen atoms in total. The van der Waals surface area contributed by atoms with Crippen LogP contribution in [0.4, 0.5) is 0 Å². The van der Waals surface area contributed by atoms with Crippen LogP contribution < -0.4 is 5.73 Å². The van der Waals surface area contributed by atoms with Crippen LogP contribution in [0.15, 0.2) is 35.7 Å². The van der Waals surface area contributed by atoms with E-state index in [1.54, 1.807) is 11.3 Å². The monoisotopic (exact) mass is 231 g/mol. The van der Waals surface area contributed by atoms with Crippen LogP contribution in [0, 0.1) is 6.92 Å². The molecule has 0 saturated carbocycles. The maximum atomic E-state index is 5.69. The van der Waals surface area contributed by atoms with Gasteiger partial charge in [0.2, 0.25) is 0 Å². The molecule has 0 aliphatic heterocycles. The van der Waals surface area contributed by atoms with Crippen molar-refractivity contribution in [3.63, 3.8) is 0 Å². The molecular weight excluding hydrogens is 214 g/mol. The Labute approximate surface area is 101 Å². The van der Waals surface area contributed by atoms with E-state index in [1.165, 1.54) is 21.6 Å². The molecule has 2 N–H and O–H groups in total. The average molecular weight is 231 g/mol. The lowest BCUT2D eigenvalue weighted by atomic mass is 10.0. The van der Waals surface area contributed by atoms with Crippen LogP contribution in [0.25, 0.3) is 10.4 Å². The van der Waals surface area contributed by atoms with Gasteiger partial charge in [0.1, 0.15) is 0 Å². The van der Waals surface area contributed by atoms with Gasteiger partial charge in [-0.25, -0.2) is 0 Å². The Kier molecular flexibility index (Phi) is 3.42. The summed E-state index contributed by atoms with van der Waals surface area (Å²) in [5.74, 6) is 0.453. The Bertz CT molecular complexity index is 473. The maximum absolute atomic E-state index is 5.69. The zero-order valence-electron chi connectivity index (χ0n) is 9.73. The van der Waals surface area contributed by atoms with Crippen molar-refractivity contribution in [2.45, 2.75) is 19.8 Å². The second-order valence-electron chi connectivity index (χ2n) is 4.20. The first-order valence-electron chi connectivity index (χ1n) is 5.57. The number of nitrogens with two attached hydrogens (primary N) is 1. The predicted molar refractivity (Wildman–Crippen MR) is 72.0 cm³/mol. The van der Waals surface area contributed by atoms with Gasteiger partial charge in [-0.15, -0.1) is 11.3 Å². The SMILES string of the molecule is Cc1ccccc1-c1cc(C(C)CN)cs1. The molecule has 84 valence electrons. The van der Waals surface area contributed by atoms with Crippen LogP contribution in [0.2, 0.25) is 0 Å². The fourth-order valence-corrected chi connectivity index (χ4v) is 2.86. The van der Waals surface area contributed by atoms with E-state index in [0.29, 0.717) is 12.5 Å². The second kappa shape index (κ2) is 4.81. The van der Waals surface area contributed by atoms with Gasteiger partial charge in [-0.05, 0) is 47.5 Å². The van der Waals surface area contributed by atoms with Crippen molar-refractivity contribution in [3.05, 3.63) is 46.8 Å². The molecule has 0 aliphatic rings. The molecule has 0 fully saturated rings. The topological polar surface area (TPSA) is 26.0 Å². The number of benzene rings is 1. The van der Waals surface area contributed by atoms with E-state index in [4.69, 9.17) is 5.73 Å². The molecule has 0 saturated heterocycles. The highest BCUT2D eigenvalue weighted by atomic mass is 32.1. The first kappa shape index (κ1) is 11.4. The minimum Gasteiger partial charge on any atom is -0.330 e. The molecule has 1 unspecified atom stereocenters. The molecule has 0 amide bonds. The quantitative estimate of drug-likeness (QED) is 0.854. The van der Waals surface area contributed by atoms with Crippen molar-refractivity contribution < 1.29 is 0 Å². The van der Waals surface area contributed by atoms with E-state index >= 15 is 0 Å². The summed E-state index contributed by atoms with van der Waals surface area (Å²) in [6.07, 6.45) is 0. The van der Waals surface area contributed by atoms with Gasteiger partial charge < -0.3 is 5.73 Å². The molecule has 2 aromatic rings. The van der Waals surface area contributed by atoms with E-state index in [-0.39, 0.29) is 0 Å². The number of aryl methyl sites for hydroxylation is 1. The van der Waals surface area contributed by atoms with Gasteiger partial charge in [0.15, 0.2) is 0 Å². The molecule has 1 aromatic heterocycles. The molecule has 2 heteroatoms. The van der Waals surface area contributed by atoms with E-state index in [9.17, 15) is 0 Å². The highest BCUT2D eigenvalue weighted by molar-refractivity contribution is 7.13. The third-order valence-corrected chi connectivity index (χ3v) is 3.93. The van der Waals surface area contributed by atoms with E-state index in [2.05, 4.69) is 49.6 Å². The van der Waals surface area contributed by atoms with Gasteiger partial charge in [0.05, 0.1) is 0 Å². The minimum atomic E-state index is 0.453. The van der Waals surface area contributed by atoms with Crippen LogP contribution in [0.5, 0.6) is 0 Å². The van der Waals surface area contributed by atoms with Crippen LogP contribution in [0.1, 0.15) is 24.0 Å². The van der Waals surface area contributed by atoms with Gasteiger partial charge in [-0.1, -0.05) is 31.2 Å². The third kappa shape index (κ3) is 2.18. The van der Waals surface area contributed by atoms with Crippen LogP contribution in [-0.4, -0.2) is 6.54 Å². The number of hydrogen-bond acceptors (Lipinski definition) is 2. The maximum Gasteiger partial charge on any atom is 0.0348 e. The number of thiophene rings is 1. The van der Waals surface area contributed by atoms with Crippen molar-refractivity contribution in [1.82, 2.24) is 0 Å². The summed E-state index contributed by atoms with van der Waals surface area (Å²) >= 11 is 1.80. The molecule has 0 spiro atoms. The van der Waals surface area contributed by atoms with Gasteiger partial charge in [0.25, 0.3) is 0 Å². The summed E-state index contributed by atoms with van der Waals surface area (Å²) in [5, 5.41) is 2.22. The van der Waals surface area contributed by atoms with Crippen molar-refractivity contribution >= 4 is 11.3 Å². The Balaban J connectivity index is 2.35. The largest absolute Gasteiger partial charge is 0.330 e. The van der Waals surface area contributed by atoms with E-state index in [1.807, 2.05) is 0 Å². The lowest BCUT2D eigenvalue weighted by Gasteiger charge is -2.04. The molecule has 1 atom stereocenters. The predicted octanol–water partition coefficient (Wildman–Crippen LogP) is 3.79. The Morgan fingerprint density at radius 2 is 2.06 bits per heavy atom. The van der Waals surface area contributed by atoms with Crippen molar-refractivity contribution in [3.8, 4) is 10.4 Å². The summed E-state index contributed by atoms with van der Waals surface area (Å²) in [5.41, 5.74) is 9.71. The van der Waals surface area contributed by atoms with Crippen molar-refractivity contribution in [2.75, 3.05) is 6.54 Å². The summed E-state index contributed by atoms with van der Waals surface area (Å²) in [4.78, 5) is 1.34. The van der Waals surface area contributed by atoms with E-state index in [0.717, 1.165) is 0 Å². The lowest BCUT2D eigenvalue weighted by molar-refractivity contribution is 0.778. The summed E-state index contributed by atoms with van der Waals surface area (Å²) in [6, 6.07) is 10.8. The fraction of sp³-hybridized carbons (Fsp3) is 0.286. The van der Waals surface area contributed by atoms with Gasteiger partial charge >= 0.3 is 0 Å². The fourth-order valence-electron chi connectivity index (χ4n) is 1.74. The zero-order chi connectivity index (χ0) is 11.5. The van der Waals surface area contributed by atoms with Crippen molar-refractivity contribution in [2.24, 2.45) is 5.73 Å². The summed E-state index contributed by atoms with van der Waals surface area (Å²) < 4.78 is 0. The molecule has 2 rings (SSSR count). The summed E-state index contributed by atoms with van der Waals surface area (Å²) in [7, 11) is 0. The second-order valence-corrected chi connectivity index (χ2v) is 5.11. The number of rotatable bonds is 3. The molecule has 0 bridgehead atoms. The van der Waals surface area contributed by atoms with Gasteiger partial charge in [-0.3, -0.25) is 0 Å². The highest BCUT2D eigenvalue weighted by Gasteiger charge is 2.08. The smallest absolute Gasteiger partial charge is 0.0348 e. The Morgan fingerprint density at radius 3 is 2.75 bits per heavy atom. The van der Waals surface area contributed by atoms with E-state index < -0.39 is 0 Å². The molecule has 0 aliphatic carbocycles. The minimum absolute atomic E-state index is 0.453. The third-order valence-electron chi connectivity index (χ3n) is 2.95. The average Bonchev–Trinajstić information content (AvgIpc) is 2.78. The lowest BCUT2D eigenvalue weighted by Crippen LogP contribution is -2.07. The first-order valence-corrected chi connectivity index (χ1v) is 6.45. The van der Waals surface area contributed by atoms with Crippen LogP contribution in [0.3, 0.4) is 0 Å². The normalized spacial score (nSPS) is 12.7. The van der Waals surface area contributed by atoms with Gasteiger partial charge in [-0.2, -0.15) is 0 Å². The zero-order valence-corrected chi connectivity index (χ0v) is 10.6. The Hall–Kier alpha value is -1.12. The van der Waals surface area contributed by atoms with Crippen LogP contribution in [-0.2, 0) is 0 Å². The van der Waals surface area contributed by atoms with Gasteiger partial charge in [0, 0.05) is 4.88 Å². The molecular formula is C14H17NS. The molecule has 1 heterocycles. The molecule has 0 radical (unpaired) electrons. The van der Waals surface area contributed by atoms with Crippen molar-refractivity contribution in [1.29, 1.82) is 0 Å². The summed E-state index contributed by atoms with van der Waals surface area (Å²) in [6.45, 7) is 5.04. The molecule has 1 aromatic carbocycles. The standard InChI is InChI=1S/C14H17NS/c1-10-5-3-4-6-13(10)14-7-12(9-16-14)11(2)8-15/h3-7,9,11H,8,15H2,1-2H3. The first-order chi connectivity index (χ1) is 7.72. The Morgan fingerprint density at radius 1 is 1.31 bits per heavy atom.